The zero-order valence-corrected chi connectivity index (χ0v) is 10.8. The van der Waals surface area contributed by atoms with Gasteiger partial charge < -0.3 is 0 Å². The summed E-state index contributed by atoms with van der Waals surface area (Å²) in [6.45, 7) is 2.04. The second kappa shape index (κ2) is 5.07. The first-order valence-corrected chi connectivity index (χ1v) is 6.08. The Hall–Kier alpha value is -1.06. The molecule has 0 aliphatic rings. The molecule has 0 bridgehead atoms. The molecule has 5 heteroatoms. The third kappa shape index (κ3) is 2.45. The summed E-state index contributed by atoms with van der Waals surface area (Å²) in [5.74, 6) is -0.439. The third-order valence-electron chi connectivity index (χ3n) is 2.37. The molecule has 0 fully saturated rings. The van der Waals surface area contributed by atoms with Crippen molar-refractivity contribution in [2.45, 2.75) is 19.8 Å². The minimum absolute atomic E-state index is 0.196. The molecule has 17 heavy (non-hydrogen) atoms. The number of rotatable bonds is 3. The molecule has 0 aliphatic heterocycles. The van der Waals surface area contributed by atoms with Crippen molar-refractivity contribution in [1.29, 1.82) is 0 Å². The Labute approximate surface area is 109 Å². The summed E-state index contributed by atoms with van der Waals surface area (Å²) in [4.78, 5) is 0. The van der Waals surface area contributed by atoms with Crippen LogP contribution in [0.25, 0.3) is 5.69 Å². The molecular weight excluding hydrogens is 262 g/mol. The van der Waals surface area contributed by atoms with Gasteiger partial charge in [-0.3, -0.25) is 0 Å². The van der Waals surface area contributed by atoms with Crippen molar-refractivity contribution >= 4 is 23.2 Å². The number of benzene rings is 1. The van der Waals surface area contributed by atoms with Gasteiger partial charge in [-0.05, 0) is 24.6 Å². The van der Waals surface area contributed by atoms with E-state index in [1.165, 1.54) is 10.7 Å². The second-order valence-electron chi connectivity index (χ2n) is 3.69. The number of hydrogen-bond acceptors (Lipinski definition) is 1. The highest BCUT2D eigenvalue weighted by Gasteiger charge is 2.14. The van der Waals surface area contributed by atoms with Gasteiger partial charge in [0.2, 0.25) is 0 Å². The van der Waals surface area contributed by atoms with Gasteiger partial charge >= 0.3 is 0 Å². The normalized spacial score (nSPS) is 10.8. The fraction of sp³-hybridized carbons (Fsp3) is 0.250. The maximum Gasteiger partial charge on any atom is 0.150 e. The fourth-order valence-corrected chi connectivity index (χ4v) is 2.12. The average Bonchev–Trinajstić information content (AvgIpc) is 2.60. The van der Waals surface area contributed by atoms with Crippen molar-refractivity contribution < 1.29 is 4.39 Å². The Balaban J connectivity index is 2.52. The van der Waals surface area contributed by atoms with Crippen LogP contribution < -0.4 is 0 Å². The second-order valence-corrected chi connectivity index (χ2v) is 4.48. The predicted octanol–water partition coefficient (Wildman–Crippen LogP) is 4.27. The van der Waals surface area contributed by atoms with Crippen LogP contribution in [-0.4, -0.2) is 9.78 Å². The van der Waals surface area contributed by atoms with Crippen molar-refractivity contribution in [3.8, 4) is 5.69 Å². The van der Waals surface area contributed by atoms with E-state index in [-0.39, 0.29) is 10.7 Å². The molecule has 0 amide bonds. The van der Waals surface area contributed by atoms with E-state index < -0.39 is 5.82 Å². The molecule has 2 nitrogen and oxygen atoms in total. The van der Waals surface area contributed by atoms with Crippen molar-refractivity contribution in [2.75, 3.05) is 0 Å². The van der Waals surface area contributed by atoms with E-state index in [2.05, 4.69) is 5.10 Å². The Kier molecular flexibility index (Phi) is 3.69. The van der Waals surface area contributed by atoms with Gasteiger partial charge in [0.15, 0.2) is 0 Å². The number of hydrogen-bond donors (Lipinski definition) is 0. The van der Waals surface area contributed by atoms with E-state index >= 15 is 0 Å². The smallest absolute Gasteiger partial charge is 0.150 e. The van der Waals surface area contributed by atoms with Gasteiger partial charge in [0.05, 0.1) is 10.7 Å². The number of aryl methyl sites for hydroxylation is 1. The van der Waals surface area contributed by atoms with E-state index in [9.17, 15) is 4.39 Å². The molecule has 0 atom stereocenters. The predicted molar refractivity (Wildman–Crippen MR) is 67.5 cm³/mol. The van der Waals surface area contributed by atoms with Crippen LogP contribution in [0.3, 0.4) is 0 Å². The SMILES string of the molecule is CCCc1cc(Cl)n(-c2c(F)cccc2Cl)n1. The number of halogens is 3. The van der Waals surface area contributed by atoms with Crippen LogP contribution in [0.15, 0.2) is 24.3 Å². The van der Waals surface area contributed by atoms with Crippen LogP contribution >= 0.6 is 23.2 Å². The first-order chi connectivity index (χ1) is 8.13. The lowest BCUT2D eigenvalue weighted by molar-refractivity contribution is 0.609. The highest BCUT2D eigenvalue weighted by molar-refractivity contribution is 6.33. The monoisotopic (exact) mass is 272 g/mol. The summed E-state index contributed by atoms with van der Waals surface area (Å²) in [7, 11) is 0. The molecule has 0 spiro atoms. The lowest BCUT2D eigenvalue weighted by Gasteiger charge is -2.06. The highest BCUT2D eigenvalue weighted by Crippen LogP contribution is 2.26. The Morgan fingerprint density at radius 1 is 1.35 bits per heavy atom. The van der Waals surface area contributed by atoms with Crippen LogP contribution in [0.1, 0.15) is 19.0 Å². The Morgan fingerprint density at radius 3 is 2.76 bits per heavy atom. The lowest BCUT2D eigenvalue weighted by Crippen LogP contribution is -2.01. The van der Waals surface area contributed by atoms with Gasteiger partial charge in [0, 0.05) is 0 Å². The van der Waals surface area contributed by atoms with E-state index in [0.717, 1.165) is 18.5 Å². The summed E-state index contributed by atoms with van der Waals surface area (Å²) in [5, 5.41) is 4.90. The molecule has 0 radical (unpaired) electrons. The minimum atomic E-state index is -0.439. The van der Waals surface area contributed by atoms with E-state index in [1.54, 1.807) is 18.2 Å². The van der Waals surface area contributed by atoms with Crippen LogP contribution in [0.2, 0.25) is 10.2 Å². The molecule has 90 valence electrons. The largest absolute Gasteiger partial charge is 0.217 e. The first-order valence-electron chi connectivity index (χ1n) is 5.32. The summed E-state index contributed by atoms with van der Waals surface area (Å²) in [5.41, 5.74) is 1.03. The topological polar surface area (TPSA) is 17.8 Å². The minimum Gasteiger partial charge on any atom is -0.217 e. The molecule has 0 N–H and O–H groups in total. The molecule has 1 heterocycles. The molecule has 1 aromatic heterocycles. The third-order valence-corrected chi connectivity index (χ3v) is 2.95. The zero-order chi connectivity index (χ0) is 12.4. The van der Waals surface area contributed by atoms with Crippen molar-refractivity contribution in [3.05, 3.63) is 46.0 Å². The standard InChI is InChI=1S/C12H11Cl2FN2/c1-2-4-8-7-11(14)17(16-8)12-9(13)5-3-6-10(12)15/h3,5-7H,2,4H2,1H3. The molecular formula is C12H11Cl2FN2. The highest BCUT2D eigenvalue weighted by atomic mass is 35.5. The molecule has 2 aromatic rings. The van der Waals surface area contributed by atoms with Crippen LogP contribution in [-0.2, 0) is 6.42 Å². The summed E-state index contributed by atoms with van der Waals surface area (Å²) in [6, 6.07) is 6.22. The number of para-hydroxylation sites is 1. The molecule has 1 aromatic carbocycles. The van der Waals surface area contributed by atoms with E-state index in [0.29, 0.717) is 5.15 Å². The molecule has 0 saturated carbocycles. The van der Waals surface area contributed by atoms with Crippen LogP contribution in [0.4, 0.5) is 4.39 Å². The summed E-state index contributed by atoms with van der Waals surface area (Å²) in [6.07, 6.45) is 1.76. The van der Waals surface area contributed by atoms with Gasteiger partial charge in [-0.1, -0.05) is 42.6 Å². The maximum atomic E-state index is 13.7. The maximum absolute atomic E-state index is 13.7. The molecule has 0 aliphatic carbocycles. The van der Waals surface area contributed by atoms with Gasteiger partial charge in [-0.15, -0.1) is 0 Å². The quantitative estimate of drug-likeness (QED) is 0.816. The van der Waals surface area contributed by atoms with Crippen molar-refractivity contribution in [1.82, 2.24) is 9.78 Å². The molecule has 0 unspecified atom stereocenters. The van der Waals surface area contributed by atoms with Crippen molar-refractivity contribution in [2.24, 2.45) is 0 Å². The van der Waals surface area contributed by atoms with Gasteiger partial charge in [-0.25, -0.2) is 9.07 Å². The van der Waals surface area contributed by atoms with E-state index in [1.807, 2.05) is 6.92 Å². The number of aromatic nitrogens is 2. The number of nitrogens with zero attached hydrogens (tertiary/aromatic N) is 2. The van der Waals surface area contributed by atoms with Crippen LogP contribution in [0.5, 0.6) is 0 Å². The summed E-state index contributed by atoms with van der Waals surface area (Å²) < 4.78 is 15.0. The van der Waals surface area contributed by atoms with Crippen molar-refractivity contribution in [3.63, 3.8) is 0 Å². The Morgan fingerprint density at radius 2 is 2.12 bits per heavy atom. The lowest BCUT2D eigenvalue weighted by atomic mass is 10.3. The van der Waals surface area contributed by atoms with Gasteiger partial charge in [0.1, 0.15) is 16.7 Å². The van der Waals surface area contributed by atoms with Gasteiger partial charge in [0.25, 0.3) is 0 Å². The summed E-state index contributed by atoms with van der Waals surface area (Å²) >= 11 is 12.0. The fourth-order valence-electron chi connectivity index (χ4n) is 1.63. The molecule has 0 saturated heterocycles. The average molecular weight is 273 g/mol. The van der Waals surface area contributed by atoms with E-state index in [4.69, 9.17) is 23.2 Å². The Bertz CT molecular complexity index is 517. The van der Waals surface area contributed by atoms with Gasteiger partial charge in [-0.2, -0.15) is 5.10 Å². The first kappa shape index (κ1) is 12.4. The zero-order valence-electron chi connectivity index (χ0n) is 9.25. The molecule has 2 rings (SSSR count). The van der Waals surface area contributed by atoms with Crippen LogP contribution in [0, 0.1) is 5.82 Å².